The Kier molecular flexibility index (Phi) is 3.99. The second kappa shape index (κ2) is 5.50. The van der Waals surface area contributed by atoms with Crippen LogP contribution in [0.15, 0.2) is 18.2 Å². The van der Waals surface area contributed by atoms with Crippen molar-refractivity contribution in [2.45, 2.75) is 33.2 Å². The van der Waals surface area contributed by atoms with Gasteiger partial charge in [-0.2, -0.15) is 0 Å². The van der Waals surface area contributed by atoms with Gasteiger partial charge < -0.3 is 15.2 Å². The zero-order chi connectivity index (χ0) is 13.1. The van der Waals surface area contributed by atoms with Crippen LogP contribution in [0.3, 0.4) is 0 Å². The van der Waals surface area contributed by atoms with E-state index in [0.29, 0.717) is 18.8 Å². The summed E-state index contributed by atoms with van der Waals surface area (Å²) in [5, 5.41) is 12.4. The Morgan fingerprint density at radius 1 is 1.39 bits per heavy atom. The molecule has 2 rings (SSSR count). The van der Waals surface area contributed by atoms with Crippen molar-refractivity contribution in [2.24, 2.45) is 5.92 Å². The second-order valence-electron chi connectivity index (χ2n) is 5.00. The number of hydrogen-bond donors (Lipinski definition) is 2. The highest BCUT2D eigenvalue weighted by Gasteiger charge is 2.15. The van der Waals surface area contributed by atoms with Crippen molar-refractivity contribution in [2.75, 3.05) is 6.54 Å². The monoisotopic (exact) mass is 249 g/mol. The molecule has 1 amide bonds. The van der Waals surface area contributed by atoms with Crippen molar-refractivity contribution in [3.8, 4) is 0 Å². The Morgan fingerprint density at radius 3 is 2.83 bits per heavy atom. The fraction of sp³-hybridized carbons (Fsp3) is 0.500. The van der Waals surface area contributed by atoms with Gasteiger partial charge in [0.25, 0.3) is 5.91 Å². The first-order valence-electron chi connectivity index (χ1n) is 6.23. The lowest BCUT2D eigenvalue weighted by Gasteiger charge is -2.15. The fourth-order valence-electron chi connectivity index (χ4n) is 1.85. The summed E-state index contributed by atoms with van der Waals surface area (Å²) in [6, 6.07) is 5.58. The van der Waals surface area contributed by atoms with Gasteiger partial charge in [0.2, 0.25) is 0 Å². The fourth-order valence-corrected chi connectivity index (χ4v) is 1.85. The number of aliphatic hydroxyl groups excluding tert-OH is 1. The van der Waals surface area contributed by atoms with Crippen molar-refractivity contribution in [3.05, 3.63) is 34.9 Å². The van der Waals surface area contributed by atoms with Gasteiger partial charge in [-0.05, 0) is 29.2 Å². The maximum absolute atomic E-state index is 11.9. The van der Waals surface area contributed by atoms with Crippen LogP contribution in [-0.4, -0.2) is 23.7 Å². The summed E-state index contributed by atoms with van der Waals surface area (Å²) in [5.74, 6) is -0.0110. The molecular weight excluding hydrogens is 230 g/mol. The highest BCUT2D eigenvalue weighted by Crippen LogP contribution is 2.20. The van der Waals surface area contributed by atoms with E-state index >= 15 is 0 Å². The van der Waals surface area contributed by atoms with Gasteiger partial charge in [0.05, 0.1) is 19.3 Å². The van der Waals surface area contributed by atoms with Gasteiger partial charge in [-0.1, -0.05) is 19.9 Å². The molecule has 0 fully saturated rings. The zero-order valence-corrected chi connectivity index (χ0v) is 10.8. The maximum atomic E-state index is 11.9. The van der Waals surface area contributed by atoms with Crippen LogP contribution in [0, 0.1) is 5.92 Å². The van der Waals surface area contributed by atoms with Crippen LogP contribution in [0.1, 0.15) is 35.3 Å². The summed E-state index contributed by atoms with van der Waals surface area (Å²) in [6.45, 7) is 5.32. The molecule has 4 heteroatoms. The van der Waals surface area contributed by atoms with E-state index in [1.54, 1.807) is 6.07 Å². The number of carbonyl (C=O) groups is 1. The Morgan fingerprint density at radius 2 is 2.11 bits per heavy atom. The quantitative estimate of drug-likeness (QED) is 0.849. The first kappa shape index (κ1) is 13.1. The number of nitrogens with one attached hydrogen (secondary N) is 1. The Balaban J connectivity index is 1.97. The Labute approximate surface area is 107 Å². The zero-order valence-electron chi connectivity index (χ0n) is 10.8. The van der Waals surface area contributed by atoms with Crippen molar-refractivity contribution in [1.82, 2.24) is 5.32 Å². The van der Waals surface area contributed by atoms with Crippen molar-refractivity contribution in [1.29, 1.82) is 0 Å². The molecule has 4 nitrogen and oxygen atoms in total. The van der Waals surface area contributed by atoms with Crippen LogP contribution in [0.5, 0.6) is 0 Å². The van der Waals surface area contributed by atoms with E-state index in [9.17, 15) is 9.90 Å². The third-order valence-corrected chi connectivity index (χ3v) is 3.22. The average Bonchev–Trinajstić information content (AvgIpc) is 2.82. The predicted octanol–water partition coefficient (Wildman–Crippen LogP) is 1.46. The molecule has 0 spiro atoms. The number of benzene rings is 1. The second-order valence-corrected chi connectivity index (χ2v) is 5.00. The summed E-state index contributed by atoms with van der Waals surface area (Å²) in [7, 11) is 0. The van der Waals surface area contributed by atoms with E-state index < -0.39 is 6.10 Å². The normalized spacial score (nSPS) is 15.6. The molecule has 0 bridgehead atoms. The maximum Gasteiger partial charge on any atom is 0.251 e. The first-order valence-corrected chi connectivity index (χ1v) is 6.23. The van der Waals surface area contributed by atoms with Crippen LogP contribution >= 0.6 is 0 Å². The molecule has 1 aliphatic heterocycles. The molecule has 98 valence electrons. The molecule has 1 heterocycles. The third kappa shape index (κ3) is 2.89. The number of rotatable bonds is 4. The minimum Gasteiger partial charge on any atom is -0.391 e. The van der Waals surface area contributed by atoms with Crippen LogP contribution in [-0.2, 0) is 18.0 Å². The van der Waals surface area contributed by atoms with Gasteiger partial charge in [-0.3, -0.25) is 4.79 Å². The molecule has 1 aromatic rings. The van der Waals surface area contributed by atoms with Gasteiger partial charge >= 0.3 is 0 Å². The van der Waals surface area contributed by atoms with Crippen LogP contribution in [0.25, 0.3) is 0 Å². The summed E-state index contributed by atoms with van der Waals surface area (Å²) >= 11 is 0. The summed E-state index contributed by atoms with van der Waals surface area (Å²) in [4.78, 5) is 11.9. The van der Waals surface area contributed by atoms with Crippen LogP contribution in [0.4, 0.5) is 0 Å². The lowest BCUT2D eigenvalue weighted by molar-refractivity contribution is 0.0871. The molecule has 2 N–H and O–H groups in total. The number of ether oxygens (including phenoxy) is 1. The number of aliphatic hydroxyl groups is 1. The minimum absolute atomic E-state index is 0.138. The number of fused-ring (bicyclic) bond motifs is 1. The van der Waals surface area contributed by atoms with E-state index in [-0.39, 0.29) is 18.4 Å². The van der Waals surface area contributed by atoms with E-state index in [0.717, 1.165) is 11.1 Å². The standard InChI is InChI=1S/C14H19NO3/c1-9(2)13(16)6-15-14(17)10-3-4-11-7-18-8-12(11)5-10/h3-5,9,13,16H,6-8H2,1-2H3,(H,15,17). The van der Waals surface area contributed by atoms with Crippen molar-refractivity contribution >= 4 is 5.91 Å². The lowest BCUT2D eigenvalue weighted by atomic mass is 10.1. The van der Waals surface area contributed by atoms with Crippen LogP contribution < -0.4 is 5.32 Å². The predicted molar refractivity (Wildman–Crippen MR) is 68.1 cm³/mol. The topological polar surface area (TPSA) is 58.6 Å². The summed E-state index contributed by atoms with van der Waals surface area (Å²) < 4.78 is 5.31. The minimum atomic E-state index is -0.508. The van der Waals surface area contributed by atoms with E-state index in [2.05, 4.69) is 5.32 Å². The van der Waals surface area contributed by atoms with Gasteiger partial charge in [-0.25, -0.2) is 0 Å². The Hall–Kier alpha value is -1.39. The Bertz CT molecular complexity index is 443. The van der Waals surface area contributed by atoms with Gasteiger partial charge in [-0.15, -0.1) is 0 Å². The van der Waals surface area contributed by atoms with Gasteiger partial charge in [0.1, 0.15) is 0 Å². The van der Waals surface area contributed by atoms with Crippen LogP contribution in [0.2, 0.25) is 0 Å². The average molecular weight is 249 g/mol. The summed E-state index contributed by atoms with van der Waals surface area (Å²) in [5.41, 5.74) is 2.84. The smallest absolute Gasteiger partial charge is 0.251 e. The summed E-state index contributed by atoms with van der Waals surface area (Å²) in [6.07, 6.45) is -0.508. The number of carbonyl (C=O) groups excluding carboxylic acids is 1. The molecule has 1 unspecified atom stereocenters. The first-order chi connectivity index (χ1) is 8.58. The molecule has 18 heavy (non-hydrogen) atoms. The molecule has 0 saturated heterocycles. The van der Waals surface area contributed by atoms with Gasteiger partial charge in [0, 0.05) is 12.1 Å². The molecule has 0 aromatic heterocycles. The number of amides is 1. The number of hydrogen-bond acceptors (Lipinski definition) is 3. The molecule has 0 saturated carbocycles. The van der Waals surface area contributed by atoms with Gasteiger partial charge in [0.15, 0.2) is 0 Å². The largest absolute Gasteiger partial charge is 0.391 e. The van der Waals surface area contributed by atoms with E-state index in [4.69, 9.17) is 4.74 Å². The molecule has 0 radical (unpaired) electrons. The SMILES string of the molecule is CC(C)C(O)CNC(=O)c1ccc2c(c1)COC2. The molecular formula is C14H19NO3. The van der Waals surface area contributed by atoms with E-state index in [1.807, 2.05) is 26.0 Å². The van der Waals surface area contributed by atoms with Crippen molar-refractivity contribution < 1.29 is 14.6 Å². The van der Waals surface area contributed by atoms with E-state index in [1.165, 1.54) is 0 Å². The lowest BCUT2D eigenvalue weighted by Crippen LogP contribution is -2.34. The molecule has 1 aromatic carbocycles. The van der Waals surface area contributed by atoms with Crippen molar-refractivity contribution in [3.63, 3.8) is 0 Å². The third-order valence-electron chi connectivity index (χ3n) is 3.22. The highest BCUT2D eigenvalue weighted by molar-refractivity contribution is 5.94. The molecule has 0 aliphatic carbocycles. The highest BCUT2D eigenvalue weighted by atomic mass is 16.5. The molecule has 1 aliphatic rings. The molecule has 1 atom stereocenters.